The van der Waals surface area contributed by atoms with Gasteiger partial charge in [-0.1, -0.05) is 0 Å². The zero-order valence-corrected chi connectivity index (χ0v) is 7.88. The van der Waals surface area contributed by atoms with Crippen LogP contribution in [0.25, 0.3) is 0 Å². The van der Waals surface area contributed by atoms with E-state index in [0.717, 1.165) is 6.54 Å². The summed E-state index contributed by atoms with van der Waals surface area (Å²) >= 11 is 0. The standard InChI is InChI=1S/C9H17NO2/c1-8(11)12-7-9-4-3-5-10(2)6-9/h9H,3-7H2,1-2H3. The van der Waals surface area contributed by atoms with Gasteiger partial charge >= 0.3 is 5.97 Å². The van der Waals surface area contributed by atoms with E-state index in [4.69, 9.17) is 4.74 Å². The molecule has 0 saturated carbocycles. The number of nitrogens with zero attached hydrogens (tertiary/aromatic N) is 1. The van der Waals surface area contributed by atoms with Gasteiger partial charge in [0.25, 0.3) is 0 Å². The Morgan fingerprint density at radius 2 is 2.42 bits per heavy atom. The van der Waals surface area contributed by atoms with E-state index < -0.39 is 0 Å². The quantitative estimate of drug-likeness (QED) is 0.578. The van der Waals surface area contributed by atoms with Crippen LogP contribution in [0.2, 0.25) is 0 Å². The minimum absolute atomic E-state index is 0.164. The van der Waals surface area contributed by atoms with Crippen LogP contribution >= 0.6 is 0 Å². The van der Waals surface area contributed by atoms with Crippen molar-refractivity contribution in [3.05, 3.63) is 0 Å². The van der Waals surface area contributed by atoms with Crippen molar-refractivity contribution in [3.63, 3.8) is 0 Å². The van der Waals surface area contributed by atoms with Gasteiger partial charge in [0, 0.05) is 19.4 Å². The monoisotopic (exact) mass is 171 g/mol. The highest BCUT2D eigenvalue weighted by molar-refractivity contribution is 5.65. The van der Waals surface area contributed by atoms with Crippen LogP contribution in [-0.4, -0.2) is 37.6 Å². The fourth-order valence-electron chi connectivity index (χ4n) is 1.64. The van der Waals surface area contributed by atoms with Gasteiger partial charge in [-0.05, 0) is 26.4 Å². The molecular weight excluding hydrogens is 154 g/mol. The molecule has 12 heavy (non-hydrogen) atoms. The molecule has 0 radical (unpaired) electrons. The maximum Gasteiger partial charge on any atom is 0.302 e. The summed E-state index contributed by atoms with van der Waals surface area (Å²) in [4.78, 5) is 12.8. The van der Waals surface area contributed by atoms with E-state index >= 15 is 0 Å². The fourth-order valence-corrected chi connectivity index (χ4v) is 1.64. The SMILES string of the molecule is CC(=O)OCC1CCCN(C)C1. The van der Waals surface area contributed by atoms with E-state index in [1.807, 2.05) is 0 Å². The van der Waals surface area contributed by atoms with Crippen molar-refractivity contribution in [2.75, 3.05) is 26.7 Å². The zero-order chi connectivity index (χ0) is 8.97. The third-order valence-electron chi connectivity index (χ3n) is 2.24. The van der Waals surface area contributed by atoms with Gasteiger partial charge in [0.05, 0.1) is 6.61 Å². The van der Waals surface area contributed by atoms with E-state index in [2.05, 4.69) is 11.9 Å². The lowest BCUT2D eigenvalue weighted by molar-refractivity contribution is -0.142. The molecule has 1 unspecified atom stereocenters. The average molecular weight is 171 g/mol. The van der Waals surface area contributed by atoms with E-state index in [0.29, 0.717) is 12.5 Å². The Morgan fingerprint density at radius 1 is 1.67 bits per heavy atom. The summed E-state index contributed by atoms with van der Waals surface area (Å²) < 4.78 is 4.96. The van der Waals surface area contributed by atoms with Gasteiger partial charge in [-0.25, -0.2) is 0 Å². The highest BCUT2D eigenvalue weighted by atomic mass is 16.5. The predicted octanol–water partition coefficient (Wildman–Crippen LogP) is 0.891. The molecule has 1 aliphatic rings. The average Bonchev–Trinajstić information content (AvgIpc) is 2.01. The topological polar surface area (TPSA) is 29.5 Å². The highest BCUT2D eigenvalue weighted by Crippen LogP contribution is 2.14. The molecule has 0 bridgehead atoms. The first kappa shape index (κ1) is 9.52. The molecule has 1 fully saturated rings. The van der Waals surface area contributed by atoms with E-state index in [1.165, 1.54) is 26.3 Å². The summed E-state index contributed by atoms with van der Waals surface area (Å²) in [5, 5.41) is 0. The normalized spacial score (nSPS) is 25.3. The molecule has 3 nitrogen and oxygen atoms in total. The maximum atomic E-state index is 10.5. The third kappa shape index (κ3) is 3.22. The Labute approximate surface area is 73.7 Å². The van der Waals surface area contributed by atoms with Crippen molar-refractivity contribution >= 4 is 5.97 Å². The molecule has 70 valence electrons. The number of esters is 1. The minimum atomic E-state index is -0.164. The lowest BCUT2D eigenvalue weighted by atomic mass is 10.00. The Morgan fingerprint density at radius 3 is 3.00 bits per heavy atom. The van der Waals surface area contributed by atoms with Crippen molar-refractivity contribution in [3.8, 4) is 0 Å². The first-order valence-corrected chi connectivity index (χ1v) is 4.50. The second kappa shape index (κ2) is 4.45. The second-order valence-electron chi connectivity index (χ2n) is 3.57. The molecule has 0 aromatic carbocycles. The number of carbonyl (C=O) groups is 1. The molecule has 1 heterocycles. The molecule has 1 atom stereocenters. The molecule has 3 heteroatoms. The van der Waals surface area contributed by atoms with Crippen LogP contribution in [0.15, 0.2) is 0 Å². The summed E-state index contributed by atoms with van der Waals surface area (Å²) in [6.07, 6.45) is 2.42. The number of hydrogen-bond donors (Lipinski definition) is 0. The van der Waals surface area contributed by atoms with Crippen LogP contribution in [0.1, 0.15) is 19.8 Å². The highest BCUT2D eigenvalue weighted by Gasteiger charge is 2.17. The third-order valence-corrected chi connectivity index (χ3v) is 2.24. The van der Waals surface area contributed by atoms with Gasteiger partial charge in [0.15, 0.2) is 0 Å². The van der Waals surface area contributed by atoms with Crippen LogP contribution < -0.4 is 0 Å². The van der Waals surface area contributed by atoms with Crippen LogP contribution in [0.5, 0.6) is 0 Å². The fraction of sp³-hybridized carbons (Fsp3) is 0.889. The molecule has 0 aromatic heterocycles. The Bertz CT molecular complexity index is 159. The number of carbonyl (C=O) groups excluding carboxylic acids is 1. The molecule has 0 N–H and O–H groups in total. The molecular formula is C9H17NO2. The van der Waals surface area contributed by atoms with Gasteiger partial charge in [0.1, 0.15) is 0 Å². The number of piperidine rings is 1. The van der Waals surface area contributed by atoms with Crippen LogP contribution in [0.3, 0.4) is 0 Å². The Kier molecular flexibility index (Phi) is 3.53. The van der Waals surface area contributed by atoms with Crippen molar-refractivity contribution in [1.29, 1.82) is 0 Å². The van der Waals surface area contributed by atoms with Gasteiger partial charge in [-0.15, -0.1) is 0 Å². The number of hydrogen-bond acceptors (Lipinski definition) is 3. The van der Waals surface area contributed by atoms with E-state index in [-0.39, 0.29) is 5.97 Å². The number of likely N-dealkylation sites (tertiary alicyclic amines) is 1. The smallest absolute Gasteiger partial charge is 0.302 e. The lowest BCUT2D eigenvalue weighted by Gasteiger charge is -2.28. The largest absolute Gasteiger partial charge is 0.466 e. The van der Waals surface area contributed by atoms with E-state index in [9.17, 15) is 4.79 Å². The van der Waals surface area contributed by atoms with Crippen molar-refractivity contribution in [1.82, 2.24) is 4.90 Å². The molecule has 1 rings (SSSR count). The van der Waals surface area contributed by atoms with Crippen LogP contribution in [-0.2, 0) is 9.53 Å². The molecule has 0 aromatic rings. The van der Waals surface area contributed by atoms with E-state index in [1.54, 1.807) is 0 Å². The van der Waals surface area contributed by atoms with Crippen LogP contribution in [0.4, 0.5) is 0 Å². The maximum absolute atomic E-state index is 10.5. The molecule has 0 spiro atoms. The molecule has 1 aliphatic heterocycles. The number of ether oxygens (including phenoxy) is 1. The second-order valence-corrected chi connectivity index (χ2v) is 3.57. The van der Waals surface area contributed by atoms with Gasteiger partial charge in [0.2, 0.25) is 0 Å². The summed E-state index contributed by atoms with van der Waals surface area (Å²) in [6.45, 7) is 4.30. The summed E-state index contributed by atoms with van der Waals surface area (Å²) in [6, 6.07) is 0. The van der Waals surface area contributed by atoms with Gasteiger partial charge < -0.3 is 9.64 Å². The molecule has 0 aliphatic carbocycles. The summed E-state index contributed by atoms with van der Waals surface area (Å²) in [7, 11) is 2.11. The predicted molar refractivity (Wildman–Crippen MR) is 46.9 cm³/mol. The molecule has 1 saturated heterocycles. The summed E-state index contributed by atoms with van der Waals surface area (Å²) in [5.74, 6) is 0.385. The summed E-state index contributed by atoms with van der Waals surface area (Å²) in [5.41, 5.74) is 0. The van der Waals surface area contributed by atoms with Crippen molar-refractivity contribution < 1.29 is 9.53 Å². The first-order chi connectivity index (χ1) is 5.68. The first-order valence-electron chi connectivity index (χ1n) is 4.50. The van der Waals surface area contributed by atoms with Gasteiger partial charge in [-0.3, -0.25) is 4.79 Å². The van der Waals surface area contributed by atoms with Crippen LogP contribution in [0, 0.1) is 5.92 Å². The zero-order valence-electron chi connectivity index (χ0n) is 7.88. The minimum Gasteiger partial charge on any atom is -0.466 e. The Hall–Kier alpha value is -0.570. The number of rotatable bonds is 2. The van der Waals surface area contributed by atoms with Gasteiger partial charge in [-0.2, -0.15) is 0 Å². The Balaban J connectivity index is 2.18. The molecule has 0 amide bonds. The van der Waals surface area contributed by atoms with Crippen molar-refractivity contribution in [2.45, 2.75) is 19.8 Å². The lowest BCUT2D eigenvalue weighted by Crippen LogP contribution is -2.34. The van der Waals surface area contributed by atoms with Crippen molar-refractivity contribution in [2.24, 2.45) is 5.92 Å².